The Morgan fingerprint density at radius 1 is 1.32 bits per heavy atom. The molecule has 0 aliphatic carbocycles. The first-order valence-corrected chi connectivity index (χ1v) is 11.2. The third-order valence-corrected chi connectivity index (χ3v) is 7.17. The van der Waals surface area contributed by atoms with Crippen LogP contribution in [0, 0.1) is 5.92 Å². The van der Waals surface area contributed by atoms with E-state index in [-0.39, 0.29) is 21.7 Å². The molecule has 2 heterocycles. The maximum Gasteiger partial charge on any atom is 0.243 e. The van der Waals surface area contributed by atoms with E-state index >= 15 is 0 Å². The van der Waals surface area contributed by atoms with Gasteiger partial charge in [-0.05, 0) is 37.0 Å². The number of hydrogen-bond donors (Lipinski definition) is 1. The van der Waals surface area contributed by atoms with E-state index in [0.717, 1.165) is 12.8 Å². The average molecular weight is 432 g/mol. The van der Waals surface area contributed by atoms with E-state index in [1.54, 1.807) is 6.07 Å². The molecule has 0 aromatic heterocycles. The van der Waals surface area contributed by atoms with Gasteiger partial charge in [0.15, 0.2) is 0 Å². The molecule has 156 valence electrons. The molecule has 0 spiro atoms. The normalized spacial score (nSPS) is 22.0. The first-order chi connectivity index (χ1) is 13.4. The van der Waals surface area contributed by atoms with Gasteiger partial charge in [-0.15, -0.1) is 0 Å². The molecule has 2 saturated heterocycles. The Balaban J connectivity index is 1.61. The van der Waals surface area contributed by atoms with Gasteiger partial charge >= 0.3 is 0 Å². The third kappa shape index (κ3) is 5.15. The summed E-state index contributed by atoms with van der Waals surface area (Å²) < 4.78 is 37.8. The van der Waals surface area contributed by atoms with Crippen LogP contribution in [0.15, 0.2) is 23.1 Å². The smallest absolute Gasteiger partial charge is 0.243 e. The van der Waals surface area contributed by atoms with Crippen LogP contribution in [0.25, 0.3) is 0 Å². The van der Waals surface area contributed by atoms with E-state index < -0.39 is 10.0 Å². The maximum atomic E-state index is 13.0. The molecule has 2 aliphatic rings. The quantitative estimate of drug-likeness (QED) is 0.734. The molecule has 0 bridgehead atoms. The highest BCUT2D eigenvalue weighted by atomic mass is 35.5. The van der Waals surface area contributed by atoms with Gasteiger partial charge in [-0.25, -0.2) is 13.4 Å². The molecule has 0 radical (unpaired) electrons. The Hall–Kier alpha value is -1.39. The highest BCUT2D eigenvalue weighted by Crippen LogP contribution is 2.30. The molecule has 1 N–H and O–H groups in total. The number of rotatable bonds is 6. The number of sulfonamides is 1. The summed E-state index contributed by atoms with van der Waals surface area (Å²) in [6, 6.07) is 4.45. The molecule has 2 fully saturated rings. The summed E-state index contributed by atoms with van der Waals surface area (Å²) in [6.45, 7) is 3.28. The number of halogens is 1. The van der Waals surface area contributed by atoms with Gasteiger partial charge in [0.25, 0.3) is 0 Å². The minimum atomic E-state index is -3.67. The zero-order chi connectivity index (χ0) is 20.1. The zero-order valence-electron chi connectivity index (χ0n) is 15.9. The highest BCUT2D eigenvalue weighted by Gasteiger charge is 2.31. The van der Waals surface area contributed by atoms with Gasteiger partial charge in [0.2, 0.25) is 15.9 Å². The number of hydrazine groups is 1. The fourth-order valence-corrected chi connectivity index (χ4v) is 5.43. The fourth-order valence-electron chi connectivity index (χ4n) is 3.53. The molecule has 0 saturated carbocycles. The van der Waals surface area contributed by atoms with Gasteiger partial charge in [0.05, 0.1) is 30.2 Å². The molecular formula is C18H26ClN3O5S. The van der Waals surface area contributed by atoms with Crippen molar-refractivity contribution in [2.75, 3.05) is 46.5 Å². The van der Waals surface area contributed by atoms with Crippen molar-refractivity contribution in [1.29, 1.82) is 0 Å². The predicted molar refractivity (Wildman–Crippen MR) is 105 cm³/mol. The molecule has 28 heavy (non-hydrogen) atoms. The van der Waals surface area contributed by atoms with Crippen molar-refractivity contribution >= 4 is 27.5 Å². The Kier molecular flexibility index (Phi) is 7.16. The van der Waals surface area contributed by atoms with Crippen molar-refractivity contribution < 1.29 is 22.7 Å². The van der Waals surface area contributed by atoms with E-state index in [4.69, 9.17) is 21.1 Å². The predicted octanol–water partition coefficient (Wildman–Crippen LogP) is 1.50. The topological polar surface area (TPSA) is 88.2 Å². The zero-order valence-corrected chi connectivity index (χ0v) is 17.5. The highest BCUT2D eigenvalue weighted by molar-refractivity contribution is 7.89. The van der Waals surface area contributed by atoms with Crippen LogP contribution in [0.3, 0.4) is 0 Å². The molecule has 1 unspecified atom stereocenters. The van der Waals surface area contributed by atoms with Crippen molar-refractivity contribution in [3.63, 3.8) is 0 Å². The maximum absolute atomic E-state index is 13.0. The molecule has 8 nitrogen and oxygen atoms in total. The van der Waals surface area contributed by atoms with E-state index in [0.29, 0.717) is 51.6 Å². The van der Waals surface area contributed by atoms with Crippen molar-refractivity contribution in [3.05, 3.63) is 23.2 Å². The Labute approximate surface area is 170 Å². The van der Waals surface area contributed by atoms with E-state index in [2.05, 4.69) is 5.43 Å². The number of carbonyl (C=O) groups excluding carboxylic acids is 1. The summed E-state index contributed by atoms with van der Waals surface area (Å²) in [4.78, 5) is 12.5. The monoisotopic (exact) mass is 431 g/mol. The van der Waals surface area contributed by atoms with Gasteiger partial charge in [-0.3, -0.25) is 10.2 Å². The van der Waals surface area contributed by atoms with Gasteiger partial charge in [0, 0.05) is 32.6 Å². The third-order valence-electron chi connectivity index (χ3n) is 5.01. The number of piperidine rings is 1. The van der Waals surface area contributed by atoms with Crippen LogP contribution >= 0.6 is 11.6 Å². The number of nitrogens with zero attached hydrogens (tertiary/aromatic N) is 2. The fraction of sp³-hybridized carbons (Fsp3) is 0.611. The summed E-state index contributed by atoms with van der Waals surface area (Å²) >= 11 is 6.09. The van der Waals surface area contributed by atoms with E-state index in [9.17, 15) is 13.2 Å². The van der Waals surface area contributed by atoms with Gasteiger partial charge in [-0.2, -0.15) is 4.31 Å². The molecule has 1 aromatic rings. The average Bonchev–Trinajstić information content (AvgIpc) is 2.68. The lowest BCUT2D eigenvalue weighted by molar-refractivity contribution is -0.129. The Morgan fingerprint density at radius 2 is 2.07 bits per heavy atom. The van der Waals surface area contributed by atoms with Crippen LogP contribution in [0.2, 0.25) is 5.02 Å². The largest absolute Gasteiger partial charge is 0.495 e. The lowest BCUT2D eigenvalue weighted by atomic mass is 9.96. The van der Waals surface area contributed by atoms with Crippen molar-refractivity contribution in [3.8, 4) is 5.75 Å². The number of carbonyl (C=O) groups is 1. The van der Waals surface area contributed by atoms with Gasteiger partial charge in [0.1, 0.15) is 5.75 Å². The van der Waals surface area contributed by atoms with Crippen molar-refractivity contribution in [2.45, 2.75) is 24.2 Å². The minimum absolute atomic E-state index is 0.0155. The first-order valence-electron chi connectivity index (χ1n) is 9.36. The number of amides is 1. The molecule has 1 atom stereocenters. The number of benzene rings is 1. The Morgan fingerprint density at radius 3 is 2.75 bits per heavy atom. The molecule has 2 aliphatic heterocycles. The summed E-state index contributed by atoms with van der Waals surface area (Å²) in [5.74, 6) is 0.328. The molecule has 10 heteroatoms. The summed E-state index contributed by atoms with van der Waals surface area (Å²) in [6.07, 6.45) is 1.84. The number of hydrogen-bond acceptors (Lipinski definition) is 6. The van der Waals surface area contributed by atoms with Gasteiger partial charge in [-0.1, -0.05) is 11.6 Å². The van der Waals surface area contributed by atoms with Crippen LogP contribution < -0.4 is 10.2 Å². The van der Waals surface area contributed by atoms with E-state index in [1.807, 2.05) is 5.01 Å². The van der Waals surface area contributed by atoms with Crippen LogP contribution in [-0.4, -0.2) is 70.1 Å². The minimum Gasteiger partial charge on any atom is -0.495 e. The SMILES string of the molecule is COc1ccc(S(=O)(=O)N2CCCC(CC(=O)NN3CCOCC3)C2)cc1Cl. The molecular weight excluding hydrogens is 406 g/mol. The second kappa shape index (κ2) is 9.41. The van der Waals surface area contributed by atoms with Crippen molar-refractivity contribution in [2.24, 2.45) is 5.92 Å². The number of methoxy groups -OCH3 is 1. The van der Waals surface area contributed by atoms with E-state index in [1.165, 1.54) is 23.5 Å². The van der Waals surface area contributed by atoms with Crippen LogP contribution in [0.4, 0.5) is 0 Å². The number of ether oxygens (including phenoxy) is 2. The van der Waals surface area contributed by atoms with Crippen molar-refractivity contribution in [1.82, 2.24) is 14.7 Å². The van der Waals surface area contributed by atoms with Crippen LogP contribution in [0.5, 0.6) is 5.75 Å². The molecule has 1 aromatic carbocycles. The number of nitrogens with one attached hydrogen (secondary N) is 1. The lowest BCUT2D eigenvalue weighted by Crippen LogP contribution is -2.49. The Bertz CT molecular complexity index is 798. The second-order valence-corrected chi connectivity index (χ2v) is 9.35. The number of morpholine rings is 1. The summed E-state index contributed by atoms with van der Waals surface area (Å²) in [5.41, 5.74) is 2.89. The van der Waals surface area contributed by atoms with Crippen LogP contribution in [-0.2, 0) is 19.6 Å². The van der Waals surface area contributed by atoms with Gasteiger partial charge < -0.3 is 9.47 Å². The van der Waals surface area contributed by atoms with Crippen LogP contribution in [0.1, 0.15) is 19.3 Å². The summed E-state index contributed by atoms with van der Waals surface area (Å²) in [5, 5.41) is 2.10. The molecule has 1 amide bonds. The standard InChI is InChI=1S/C18H26ClN3O5S/c1-26-17-5-4-15(12-16(17)19)28(24,25)22-6-2-3-14(13-22)11-18(23)20-21-7-9-27-10-8-21/h4-5,12,14H,2-3,6-11,13H2,1H3,(H,20,23). The lowest BCUT2D eigenvalue weighted by Gasteiger charge is -2.32. The summed E-state index contributed by atoms with van der Waals surface area (Å²) in [7, 11) is -2.19. The second-order valence-electron chi connectivity index (χ2n) is 7.01. The first kappa shape index (κ1) is 21.3. The molecule has 3 rings (SSSR count).